The van der Waals surface area contributed by atoms with Gasteiger partial charge in [0.05, 0.1) is 17.7 Å². The van der Waals surface area contributed by atoms with E-state index in [1.165, 1.54) is 14.0 Å². The lowest BCUT2D eigenvalue weighted by atomic mass is 10.1. The summed E-state index contributed by atoms with van der Waals surface area (Å²) in [5.74, 6) is -0.594. The Morgan fingerprint density at radius 3 is 2.50 bits per heavy atom. The van der Waals surface area contributed by atoms with Crippen molar-refractivity contribution in [3.05, 3.63) is 17.5 Å². The van der Waals surface area contributed by atoms with Crippen LogP contribution in [0.4, 0.5) is 13.2 Å². The zero-order chi connectivity index (χ0) is 10.9. The van der Waals surface area contributed by atoms with E-state index in [0.29, 0.717) is 0 Å². The number of nitrogens with zero attached hydrogens (tertiary/aromatic N) is 3. The SMILES string of the molecule is CC(C#N)c1cc(C(F)(F)F)nn1C. The monoisotopic (exact) mass is 203 g/mol. The highest BCUT2D eigenvalue weighted by atomic mass is 19.4. The minimum atomic E-state index is -4.45. The maximum Gasteiger partial charge on any atom is 0.435 e. The predicted octanol–water partition coefficient (Wildman–Crippen LogP) is 2.07. The van der Waals surface area contributed by atoms with Crippen LogP contribution in [0.2, 0.25) is 0 Å². The van der Waals surface area contributed by atoms with Crippen molar-refractivity contribution < 1.29 is 13.2 Å². The first-order valence-corrected chi connectivity index (χ1v) is 3.87. The van der Waals surface area contributed by atoms with E-state index < -0.39 is 17.8 Å². The minimum Gasteiger partial charge on any atom is -0.271 e. The van der Waals surface area contributed by atoms with Crippen LogP contribution >= 0.6 is 0 Å². The molecule has 6 heteroatoms. The Balaban J connectivity index is 3.13. The first-order valence-electron chi connectivity index (χ1n) is 3.87. The Hall–Kier alpha value is -1.51. The summed E-state index contributed by atoms with van der Waals surface area (Å²) in [6, 6.07) is 2.76. The van der Waals surface area contributed by atoms with Crippen LogP contribution in [0.25, 0.3) is 0 Å². The van der Waals surface area contributed by atoms with E-state index in [0.717, 1.165) is 10.7 Å². The van der Waals surface area contributed by atoms with Crippen molar-refractivity contribution in [1.82, 2.24) is 9.78 Å². The van der Waals surface area contributed by atoms with Crippen molar-refractivity contribution in [2.75, 3.05) is 0 Å². The third kappa shape index (κ3) is 1.87. The molecule has 1 unspecified atom stereocenters. The molecular formula is C8H8F3N3. The number of hydrogen-bond acceptors (Lipinski definition) is 2. The fourth-order valence-corrected chi connectivity index (χ4v) is 1.09. The molecule has 1 heterocycles. The molecule has 1 aromatic rings. The van der Waals surface area contributed by atoms with Gasteiger partial charge in [-0.2, -0.15) is 23.5 Å². The van der Waals surface area contributed by atoms with Crippen LogP contribution in [-0.2, 0) is 13.2 Å². The maximum absolute atomic E-state index is 12.2. The van der Waals surface area contributed by atoms with Gasteiger partial charge in [0.15, 0.2) is 5.69 Å². The van der Waals surface area contributed by atoms with Crippen molar-refractivity contribution in [3.63, 3.8) is 0 Å². The second-order valence-corrected chi connectivity index (χ2v) is 2.93. The number of nitriles is 1. The topological polar surface area (TPSA) is 41.6 Å². The summed E-state index contributed by atoms with van der Waals surface area (Å²) in [4.78, 5) is 0. The van der Waals surface area contributed by atoms with E-state index in [1.807, 2.05) is 6.07 Å². The molecule has 0 spiro atoms. The van der Waals surface area contributed by atoms with Crippen LogP contribution in [0.5, 0.6) is 0 Å². The lowest BCUT2D eigenvalue weighted by Gasteiger charge is -2.00. The number of alkyl halides is 3. The Morgan fingerprint density at radius 2 is 2.14 bits per heavy atom. The van der Waals surface area contributed by atoms with Gasteiger partial charge in [0, 0.05) is 7.05 Å². The Morgan fingerprint density at radius 1 is 1.57 bits per heavy atom. The lowest BCUT2D eigenvalue weighted by molar-refractivity contribution is -0.141. The van der Waals surface area contributed by atoms with Crippen LogP contribution in [0.15, 0.2) is 6.07 Å². The third-order valence-corrected chi connectivity index (χ3v) is 1.84. The molecule has 0 aliphatic heterocycles. The van der Waals surface area contributed by atoms with Crippen molar-refractivity contribution >= 4 is 0 Å². The summed E-state index contributed by atoms with van der Waals surface area (Å²) in [6.07, 6.45) is -4.45. The first-order chi connectivity index (χ1) is 6.36. The van der Waals surface area contributed by atoms with Crippen LogP contribution in [0.3, 0.4) is 0 Å². The van der Waals surface area contributed by atoms with Gasteiger partial charge in [-0.05, 0) is 13.0 Å². The molecule has 0 aliphatic carbocycles. The van der Waals surface area contributed by atoms with Gasteiger partial charge < -0.3 is 0 Å². The fourth-order valence-electron chi connectivity index (χ4n) is 1.09. The van der Waals surface area contributed by atoms with E-state index in [2.05, 4.69) is 5.10 Å². The van der Waals surface area contributed by atoms with E-state index in [1.54, 1.807) is 0 Å². The zero-order valence-corrected chi connectivity index (χ0v) is 7.63. The molecule has 1 aromatic heterocycles. The molecule has 0 bridgehead atoms. The van der Waals surface area contributed by atoms with Gasteiger partial charge in [0.2, 0.25) is 0 Å². The highest BCUT2D eigenvalue weighted by molar-refractivity contribution is 5.20. The molecule has 0 fully saturated rings. The zero-order valence-electron chi connectivity index (χ0n) is 7.63. The van der Waals surface area contributed by atoms with Gasteiger partial charge in [0.1, 0.15) is 0 Å². The van der Waals surface area contributed by atoms with E-state index in [4.69, 9.17) is 5.26 Å². The smallest absolute Gasteiger partial charge is 0.271 e. The van der Waals surface area contributed by atoms with Crippen molar-refractivity contribution in [2.24, 2.45) is 7.05 Å². The average Bonchev–Trinajstić information content (AvgIpc) is 2.45. The molecule has 0 aromatic carbocycles. The van der Waals surface area contributed by atoms with Crippen LogP contribution < -0.4 is 0 Å². The average molecular weight is 203 g/mol. The molecule has 3 nitrogen and oxygen atoms in total. The predicted molar refractivity (Wildman–Crippen MR) is 42.2 cm³/mol. The molecule has 0 N–H and O–H groups in total. The lowest BCUT2D eigenvalue weighted by Crippen LogP contribution is -2.06. The molecule has 0 radical (unpaired) electrons. The Bertz CT molecular complexity index is 372. The summed E-state index contributed by atoms with van der Waals surface area (Å²) in [6.45, 7) is 1.52. The number of rotatable bonds is 1. The summed E-state index contributed by atoms with van der Waals surface area (Å²) in [7, 11) is 1.39. The molecular weight excluding hydrogens is 195 g/mol. The molecule has 0 saturated carbocycles. The standard InChI is InChI=1S/C8H8F3N3/c1-5(4-12)6-3-7(8(9,10)11)13-14(6)2/h3,5H,1-2H3. The molecule has 76 valence electrons. The third-order valence-electron chi connectivity index (χ3n) is 1.84. The van der Waals surface area contributed by atoms with E-state index in [9.17, 15) is 13.2 Å². The van der Waals surface area contributed by atoms with E-state index in [-0.39, 0.29) is 5.69 Å². The quantitative estimate of drug-likeness (QED) is 0.701. The fraction of sp³-hybridized carbons (Fsp3) is 0.500. The van der Waals surface area contributed by atoms with Crippen molar-refractivity contribution in [3.8, 4) is 6.07 Å². The van der Waals surface area contributed by atoms with Gasteiger partial charge in [-0.25, -0.2) is 0 Å². The number of aromatic nitrogens is 2. The highest BCUT2D eigenvalue weighted by Gasteiger charge is 2.35. The van der Waals surface area contributed by atoms with Crippen molar-refractivity contribution in [2.45, 2.75) is 19.0 Å². The molecule has 0 aliphatic rings. The number of halogens is 3. The maximum atomic E-state index is 12.2. The van der Waals surface area contributed by atoms with Gasteiger partial charge in [-0.3, -0.25) is 4.68 Å². The summed E-state index contributed by atoms with van der Waals surface area (Å²) in [5, 5.41) is 11.8. The number of aryl methyl sites for hydroxylation is 1. The molecule has 0 saturated heterocycles. The van der Waals surface area contributed by atoms with E-state index >= 15 is 0 Å². The van der Waals surface area contributed by atoms with Gasteiger partial charge in [-0.15, -0.1) is 0 Å². The minimum absolute atomic E-state index is 0.264. The first kappa shape index (κ1) is 10.6. The largest absolute Gasteiger partial charge is 0.435 e. The normalized spacial score (nSPS) is 13.7. The molecule has 14 heavy (non-hydrogen) atoms. The summed E-state index contributed by atoms with van der Waals surface area (Å²) < 4.78 is 37.6. The number of hydrogen-bond donors (Lipinski definition) is 0. The van der Waals surface area contributed by atoms with Gasteiger partial charge in [0.25, 0.3) is 0 Å². The Kier molecular flexibility index (Phi) is 2.51. The van der Waals surface area contributed by atoms with Gasteiger partial charge in [-0.1, -0.05) is 0 Å². The second-order valence-electron chi connectivity index (χ2n) is 2.93. The van der Waals surface area contributed by atoms with Gasteiger partial charge >= 0.3 is 6.18 Å². The van der Waals surface area contributed by atoms with Crippen molar-refractivity contribution in [1.29, 1.82) is 5.26 Å². The molecule has 1 atom stereocenters. The van der Waals surface area contributed by atoms with Crippen LogP contribution in [0.1, 0.15) is 24.2 Å². The highest BCUT2D eigenvalue weighted by Crippen LogP contribution is 2.29. The van der Waals surface area contributed by atoms with Crippen LogP contribution in [-0.4, -0.2) is 9.78 Å². The summed E-state index contributed by atoms with van der Waals surface area (Å²) >= 11 is 0. The summed E-state index contributed by atoms with van der Waals surface area (Å²) in [5.41, 5.74) is -0.697. The molecule has 1 rings (SSSR count). The molecule has 0 amide bonds. The second kappa shape index (κ2) is 3.33. The Labute approximate surface area is 78.8 Å². The van der Waals surface area contributed by atoms with Crippen LogP contribution in [0, 0.1) is 11.3 Å².